The molecule has 0 saturated carbocycles. The number of carbonyl (C=O) groups excluding carboxylic acids is 1. The predicted molar refractivity (Wildman–Crippen MR) is 61.0 cm³/mol. The standard InChI is InChI=1S/C12H20F2N2O/c1-2-12(13,14)10(17)16-8-5-11(9-16)3-6-15-7-4-11/h15H,2-9H2,1H3. The number of amides is 1. The quantitative estimate of drug-likeness (QED) is 0.803. The number of alkyl halides is 2. The molecule has 0 aromatic heterocycles. The highest BCUT2D eigenvalue weighted by Gasteiger charge is 2.47. The molecule has 0 radical (unpaired) electrons. The Morgan fingerprint density at radius 3 is 2.59 bits per heavy atom. The third kappa shape index (κ3) is 2.44. The van der Waals surface area contributed by atoms with E-state index in [0.29, 0.717) is 13.1 Å². The van der Waals surface area contributed by atoms with E-state index in [-0.39, 0.29) is 5.41 Å². The second-order valence-electron chi connectivity index (χ2n) is 5.28. The van der Waals surface area contributed by atoms with Gasteiger partial charge >= 0.3 is 5.92 Å². The zero-order chi connectivity index (χ0) is 12.5. The van der Waals surface area contributed by atoms with Crippen molar-refractivity contribution in [2.24, 2.45) is 5.41 Å². The van der Waals surface area contributed by atoms with Gasteiger partial charge in [-0.1, -0.05) is 6.92 Å². The largest absolute Gasteiger partial charge is 0.337 e. The second-order valence-corrected chi connectivity index (χ2v) is 5.28. The number of piperidine rings is 1. The summed E-state index contributed by atoms with van der Waals surface area (Å²) in [4.78, 5) is 13.1. The van der Waals surface area contributed by atoms with Crippen LogP contribution in [0.3, 0.4) is 0 Å². The molecule has 5 heteroatoms. The molecule has 2 aliphatic rings. The van der Waals surface area contributed by atoms with Crippen LogP contribution in [-0.4, -0.2) is 42.9 Å². The molecular formula is C12H20F2N2O. The summed E-state index contributed by atoms with van der Waals surface area (Å²) >= 11 is 0. The average Bonchev–Trinajstić information content (AvgIpc) is 2.73. The van der Waals surface area contributed by atoms with Crippen molar-refractivity contribution in [1.29, 1.82) is 0 Å². The lowest BCUT2D eigenvalue weighted by atomic mass is 9.78. The van der Waals surface area contributed by atoms with Gasteiger partial charge in [0.05, 0.1) is 0 Å². The Labute approximate surface area is 101 Å². The minimum absolute atomic E-state index is 0.102. The van der Waals surface area contributed by atoms with Crippen LogP contribution in [0.2, 0.25) is 0 Å². The van der Waals surface area contributed by atoms with Crippen LogP contribution >= 0.6 is 0 Å². The molecule has 0 bridgehead atoms. The SMILES string of the molecule is CCC(F)(F)C(=O)N1CCC2(CCNCC2)C1. The highest BCUT2D eigenvalue weighted by Crippen LogP contribution is 2.39. The monoisotopic (exact) mass is 246 g/mol. The minimum Gasteiger partial charge on any atom is -0.337 e. The van der Waals surface area contributed by atoms with Crippen LogP contribution in [0.15, 0.2) is 0 Å². The lowest BCUT2D eigenvalue weighted by Crippen LogP contribution is -2.44. The van der Waals surface area contributed by atoms with Crippen molar-refractivity contribution >= 4 is 5.91 Å². The number of hydrogen-bond acceptors (Lipinski definition) is 2. The Balaban J connectivity index is 2.00. The van der Waals surface area contributed by atoms with Gasteiger partial charge in [0.15, 0.2) is 0 Å². The van der Waals surface area contributed by atoms with E-state index in [1.807, 2.05) is 0 Å². The van der Waals surface area contributed by atoms with Crippen molar-refractivity contribution in [3.05, 3.63) is 0 Å². The molecule has 1 N–H and O–H groups in total. The third-order valence-electron chi connectivity index (χ3n) is 4.15. The molecule has 2 aliphatic heterocycles. The highest BCUT2D eigenvalue weighted by molar-refractivity contribution is 5.83. The Morgan fingerprint density at radius 2 is 2.00 bits per heavy atom. The molecule has 0 atom stereocenters. The molecule has 0 unspecified atom stereocenters. The summed E-state index contributed by atoms with van der Waals surface area (Å²) in [7, 11) is 0. The minimum atomic E-state index is -3.18. The fourth-order valence-corrected chi connectivity index (χ4v) is 2.86. The zero-order valence-electron chi connectivity index (χ0n) is 10.3. The van der Waals surface area contributed by atoms with Crippen molar-refractivity contribution in [2.75, 3.05) is 26.2 Å². The van der Waals surface area contributed by atoms with Gasteiger partial charge < -0.3 is 10.2 Å². The molecule has 0 aliphatic carbocycles. The van der Waals surface area contributed by atoms with Crippen molar-refractivity contribution in [1.82, 2.24) is 10.2 Å². The summed E-state index contributed by atoms with van der Waals surface area (Å²) in [5.41, 5.74) is 0.102. The molecule has 17 heavy (non-hydrogen) atoms. The van der Waals surface area contributed by atoms with Crippen LogP contribution in [0.4, 0.5) is 8.78 Å². The van der Waals surface area contributed by atoms with Gasteiger partial charge in [0.2, 0.25) is 0 Å². The van der Waals surface area contributed by atoms with E-state index in [0.717, 1.165) is 32.4 Å². The Bertz CT molecular complexity index is 301. The predicted octanol–water partition coefficient (Wildman–Crippen LogP) is 1.63. The summed E-state index contributed by atoms with van der Waals surface area (Å²) in [6.07, 6.45) is 2.46. The van der Waals surface area contributed by atoms with E-state index in [2.05, 4.69) is 5.32 Å². The lowest BCUT2D eigenvalue weighted by Gasteiger charge is -2.34. The first-order valence-electron chi connectivity index (χ1n) is 6.37. The maximum Gasteiger partial charge on any atom is 0.324 e. The maximum absolute atomic E-state index is 13.4. The number of likely N-dealkylation sites (tertiary alicyclic amines) is 1. The number of hydrogen-bond donors (Lipinski definition) is 1. The average molecular weight is 246 g/mol. The molecule has 0 aromatic rings. The molecule has 2 fully saturated rings. The van der Waals surface area contributed by atoms with Crippen LogP contribution in [-0.2, 0) is 4.79 Å². The Kier molecular flexibility index (Phi) is 3.39. The van der Waals surface area contributed by atoms with Gasteiger partial charge in [-0.05, 0) is 37.8 Å². The summed E-state index contributed by atoms with van der Waals surface area (Å²) in [6, 6.07) is 0. The van der Waals surface area contributed by atoms with Crippen LogP contribution < -0.4 is 5.32 Å². The molecule has 0 aromatic carbocycles. The van der Waals surface area contributed by atoms with Crippen LogP contribution in [0.5, 0.6) is 0 Å². The van der Waals surface area contributed by atoms with Gasteiger partial charge in [-0.15, -0.1) is 0 Å². The Morgan fingerprint density at radius 1 is 1.35 bits per heavy atom. The normalized spacial score (nSPS) is 24.3. The first-order chi connectivity index (χ1) is 7.99. The van der Waals surface area contributed by atoms with Gasteiger partial charge in [0.25, 0.3) is 5.91 Å². The van der Waals surface area contributed by atoms with Crippen LogP contribution in [0.25, 0.3) is 0 Å². The molecule has 2 rings (SSSR count). The van der Waals surface area contributed by atoms with Gasteiger partial charge in [0, 0.05) is 19.5 Å². The van der Waals surface area contributed by atoms with Gasteiger partial charge in [-0.25, -0.2) is 0 Å². The number of nitrogens with one attached hydrogen (secondary N) is 1. The van der Waals surface area contributed by atoms with E-state index in [9.17, 15) is 13.6 Å². The summed E-state index contributed by atoms with van der Waals surface area (Å²) in [5.74, 6) is -4.16. The topological polar surface area (TPSA) is 32.3 Å². The molecule has 2 heterocycles. The Hall–Kier alpha value is -0.710. The summed E-state index contributed by atoms with van der Waals surface area (Å²) in [6.45, 7) is 4.24. The van der Waals surface area contributed by atoms with E-state index < -0.39 is 18.3 Å². The van der Waals surface area contributed by atoms with Crippen molar-refractivity contribution in [3.63, 3.8) is 0 Å². The fourth-order valence-electron chi connectivity index (χ4n) is 2.86. The first kappa shape index (κ1) is 12.7. The smallest absolute Gasteiger partial charge is 0.324 e. The third-order valence-corrected chi connectivity index (χ3v) is 4.15. The van der Waals surface area contributed by atoms with E-state index in [1.54, 1.807) is 0 Å². The molecule has 1 amide bonds. The van der Waals surface area contributed by atoms with Gasteiger partial charge in [-0.2, -0.15) is 8.78 Å². The summed E-state index contributed by atoms with van der Waals surface area (Å²) < 4.78 is 26.7. The highest BCUT2D eigenvalue weighted by atomic mass is 19.3. The zero-order valence-corrected chi connectivity index (χ0v) is 10.3. The molecular weight excluding hydrogens is 226 g/mol. The number of rotatable bonds is 2. The van der Waals surface area contributed by atoms with Crippen molar-refractivity contribution in [2.45, 2.75) is 38.5 Å². The maximum atomic E-state index is 13.4. The molecule has 2 saturated heterocycles. The number of carbonyl (C=O) groups is 1. The van der Waals surface area contributed by atoms with Crippen LogP contribution in [0, 0.1) is 5.41 Å². The van der Waals surface area contributed by atoms with E-state index >= 15 is 0 Å². The number of nitrogens with zero attached hydrogens (tertiary/aromatic N) is 1. The van der Waals surface area contributed by atoms with Gasteiger partial charge in [-0.3, -0.25) is 4.79 Å². The lowest BCUT2D eigenvalue weighted by molar-refractivity contribution is -0.157. The molecule has 98 valence electrons. The van der Waals surface area contributed by atoms with Crippen molar-refractivity contribution in [3.8, 4) is 0 Å². The fraction of sp³-hybridized carbons (Fsp3) is 0.917. The van der Waals surface area contributed by atoms with Crippen LogP contribution in [0.1, 0.15) is 32.6 Å². The number of halogens is 2. The van der Waals surface area contributed by atoms with E-state index in [4.69, 9.17) is 0 Å². The second kappa shape index (κ2) is 4.52. The van der Waals surface area contributed by atoms with Crippen molar-refractivity contribution < 1.29 is 13.6 Å². The molecule has 1 spiro atoms. The first-order valence-corrected chi connectivity index (χ1v) is 6.37. The van der Waals surface area contributed by atoms with Gasteiger partial charge in [0.1, 0.15) is 0 Å². The van der Waals surface area contributed by atoms with E-state index in [1.165, 1.54) is 11.8 Å². The molecule has 3 nitrogen and oxygen atoms in total. The summed E-state index contributed by atoms with van der Waals surface area (Å²) in [5, 5.41) is 3.27.